The van der Waals surface area contributed by atoms with Gasteiger partial charge in [-0.25, -0.2) is 4.39 Å². The van der Waals surface area contributed by atoms with Crippen molar-refractivity contribution in [2.45, 2.75) is 0 Å². The van der Waals surface area contributed by atoms with Crippen LogP contribution in [0.1, 0.15) is 10.4 Å². The summed E-state index contributed by atoms with van der Waals surface area (Å²) in [6.45, 7) is 0. The van der Waals surface area contributed by atoms with Crippen molar-refractivity contribution in [3.63, 3.8) is 0 Å². The summed E-state index contributed by atoms with van der Waals surface area (Å²) in [6.07, 6.45) is 0. The fourth-order valence-corrected chi connectivity index (χ4v) is 2.29. The summed E-state index contributed by atoms with van der Waals surface area (Å²) in [5.41, 5.74) is 0.0139. The largest absolute Gasteiger partial charge is 0.293 e. The third kappa shape index (κ3) is 2.54. The van der Waals surface area contributed by atoms with E-state index in [0.717, 1.165) is 6.07 Å². The van der Waals surface area contributed by atoms with Crippen LogP contribution in [0.15, 0.2) is 12.1 Å². The number of hydrogen-bond donors (Lipinski definition) is 0. The highest BCUT2D eigenvalue weighted by molar-refractivity contribution is 14.1. The van der Waals surface area contributed by atoms with Gasteiger partial charge in [-0.3, -0.25) is 4.79 Å². The molecule has 13 heavy (non-hydrogen) atoms. The van der Waals surface area contributed by atoms with Gasteiger partial charge < -0.3 is 0 Å². The molecular formula is C8H4Cl2FIO. The Hall–Kier alpha value is 0.130. The number of halogens is 4. The van der Waals surface area contributed by atoms with Crippen LogP contribution in [0, 0.1) is 9.39 Å². The maximum Gasteiger partial charge on any atom is 0.181 e. The topological polar surface area (TPSA) is 17.1 Å². The molecule has 0 radical (unpaired) electrons. The molecule has 0 bridgehead atoms. The Kier molecular flexibility index (Phi) is 3.94. The quantitative estimate of drug-likeness (QED) is 0.460. The van der Waals surface area contributed by atoms with E-state index in [1.165, 1.54) is 6.07 Å². The Labute approximate surface area is 98.4 Å². The maximum atomic E-state index is 13.2. The molecular weight excluding hydrogens is 329 g/mol. The smallest absolute Gasteiger partial charge is 0.181 e. The van der Waals surface area contributed by atoms with Crippen LogP contribution in [0.4, 0.5) is 4.39 Å². The Balaban J connectivity index is 3.28. The van der Waals surface area contributed by atoms with E-state index < -0.39 is 11.6 Å². The fourth-order valence-electron chi connectivity index (χ4n) is 0.875. The molecule has 0 aromatic heterocycles. The minimum Gasteiger partial charge on any atom is -0.293 e. The number of alkyl halides is 1. The first-order valence-electron chi connectivity index (χ1n) is 3.30. The van der Waals surface area contributed by atoms with Crippen molar-refractivity contribution < 1.29 is 9.18 Å². The van der Waals surface area contributed by atoms with Gasteiger partial charge in [0.05, 0.1) is 11.4 Å². The number of hydrogen-bond acceptors (Lipinski definition) is 1. The summed E-state index contributed by atoms with van der Waals surface area (Å²) < 4.78 is 13.7. The molecule has 0 aliphatic carbocycles. The number of rotatable bonds is 2. The number of ketones is 1. The predicted octanol–water partition coefficient (Wildman–Crippen LogP) is 3.51. The zero-order valence-electron chi connectivity index (χ0n) is 6.28. The first-order chi connectivity index (χ1) is 6.06. The van der Waals surface area contributed by atoms with Gasteiger partial charge in [0, 0.05) is 8.59 Å². The van der Waals surface area contributed by atoms with Crippen molar-refractivity contribution in [2.75, 3.05) is 5.88 Å². The lowest BCUT2D eigenvalue weighted by Crippen LogP contribution is -2.06. The molecule has 0 aliphatic rings. The van der Waals surface area contributed by atoms with Crippen LogP contribution in [-0.2, 0) is 0 Å². The third-order valence-electron chi connectivity index (χ3n) is 1.41. The van der Waals surface area contributed by atoms with Gasteiger partial charge in [0.15, 0.2) is 5.78 Å². The molecule has 0 atom stereocenters. The number of carbonyl (C=O) groups is 1. The average molecular weight is 333 g/mol. The molecule has 0 amide bonds. The van der Waals surface area contributed by atoms with Gasteiger partial charge >= 0.3 is 0 Å². The minimum atomic E-state index is -0.623. The predicted molar refractivity (Wildman–Crippen MR) is 59.2 cm³/mol. The average Bonchev–Trinajstić information content (AvgIpc) is 2.02. The third-order valence-corrected chi connectivity index (χ3v) is 2.72. The Bertz CT molecular complexity index is 331. The molecule has 5 heteroatoms. The van der Waals surface area contributed by atoms with Crippen LogP contribution < -0.4 is 0 Å². The molecule has 0 heterocycles. The van der Waals surface area contributed by atoms with E-state index in [-0.39, 0.29) is 16.5 Å². The second kappa shape index (κ2) is 4.57. The number of benzene rings is 1. The summed E-state index contributed by atoms with van der Waals surface area (Å²) in [7, 11) is 0. The summed E-state index contributed by atoms with van der Waals surface area (Å²) in [5.74, 6) is -1.28. The molecule has 0 saturated heterocycles. The van der Waals surface area contributed by atoms with Crippen LogP contribution >= 0.6 is 45.8 Å². The van der Waals surface area contributed by atoms with E-state index in [0.29, 0.717) is 3.57 Å². The van der Waals surface area contributed by atoms with Crippen LogP contribution in [0.25, 0.3) is 0 Å². The molecule has 1 aromatic carbocycles. The lowest BCUT2D eigenvalue weighted by atomic mass is 10.1. The highest BCUT2D eigenvalue weighted by atomic mass is 127. The SMILES string of the molecule is O=C(CCl)c1c(F)cc(Cl)cc1I. The molecule has 0 spiro atoms. The molecule has 1 rings (SSSR count). The standard InChI is InChI=1S/C8H4Cl2FIO/c9-3-7(13)8-5(11)1-4(10)2-6(8)12/h1-2H,3H2. The molecule has 0 unspecified atom stereocenters. The van der Waals surface area contributed by atoms with Crippen molar-refractivity contribution in [2.24, 2.45) is 0 Å². The van der Waals surface area contributed by atoms with Gasteiger partial charge in [-0.15, -0.1) is 11.6 Å². The Morgan fingerprint density at radius 1 is 1.54 bits per heavy atom. The molecule has 1 nitrogen and oxygen atoms in total. The van der Waals surface area contributed by atoms with Gasteiger partial charge in [-0.1, -0.05) is 11.6 Å². The minimum absolute atomic E-state index is 0.0139. The van der Waals surface area contributed by atoms with Crippen molar-refractivity contribution in [1.82, 2.24) is 0 Å². The van der Waals surface area contributed by atoms with Crippen LogP contribution in [-0.4, -0.2) is 11.7 Å². The van der Waals surface area contributed by atoms with Gasteiger partial charge in [-0.2, -0.15) is 0 Å². The van der Waals surface area contributed by atoms with E-state index >= 15 is 0 Å². The van der Waals surface area contributed by atoms with Gasteiger partial charge in [0.2, 0.25) is 0 Å². The first-order valence-corrected chi connectivity index (χ1v) is 5.29. The zero-order chi connectivity index (χ0) is 10.0. The molecule has 0 fully saturated rings. The van der Waals surface area contributed by atoms with E-state index in [1.807, 2.05) is 22.6 Å². The highest BCUT2D eigenvalue weighted by Crippen LogP contribution is 2.22. The second-order valence-electron chi connectivity index (χ2n) is 2.30. The molecule has 0 N–H and O–H groups in total. The molecule has 0 aliphatic heterocycles. The van der Waals surface area contributed by atoms with E-state index in [4.69, 9.17) is 23.2 Å². The summed E-state index contributed by atoms with van der Waals surface area (Å²) in [4.78, 5) is 11.1. The normalized spacial score (nSPS) is 10.2. The van der Waals surface area contributed by atoms with Crippen molar-refractivity contribution in [1.29, 1.82) is 0 Å². The van der Waals surface area contributed by atoms with Crippen molar-refractivity contribution >= 4 is 51.6 Å². The summed E-state index contributed by atoms with van der Waals surface area (Å²) in [5, 5.41) is 0.271. The fraction of sp³-hybridized carbons (Fsp3) is 0.125. The van der Waals surface area contributed by atoms with E-state index in [2.05, 4.69) is 0 Å². The number of Topliss-reactive ketones (excluding diaryl/α,β-unsaturated/α-hetero) is 1. The molecule has 70 valence electrons. The van der Waals surface area contributed by atoms with Gasteiger partial charge in [0.25, 0.3) is 0 Å². The van der Waals surface area contributed by atoms with Crippen LogP contribution in [0.5, 0.6) is 0 Å². The number of carbonyl (C=O) groups excluding carboxylic acids is 1. The molecule has 0 saturated carbocycles. The van der Waals surface area contributed by atoms with Gasteiger partial charge in [-0.05, 0) is 34.7 Å². The Morgan fingerprint density at radius 2 is 2.15 bits per heavy atom. The van der Waals surface area contributed by atoms with E-state index in [1.54, 1.807) is 0 Å². The van der Waals surface area contributed by atoms with E-state index in [9.17, 15) is 9.18 Å². The monoisotopic (exact) mass is 332 g/mol. The second-order valence-corrected chi connectivity index (χ2v) is 4.17. The Morgan fingerprint density at radius 3 is 2.62 bits per heavy atom. The lowest BCUT2D eigenvalue weighted by molar-refractivity contribution is 0.101. The van der Waals surface area contributed by atoms with Crippen LogP contribution in [0.3, 0.4) is 0 Å². The van der Waals surface area contributed by atoms with Crippen molar-refractivity contribution in [3.8, 4) is 0 Å². The molecule has 1 aromatic rings. The first kappa shape index (κ1) is 11.2. The van der Waals surface area contributed by atoms with Crippen LogP contribution in [0.2, 0.25) is 5.02 Å². The maximum absolute atomic E-state index is 13.2. The summed E-state index contributed by atoms with van der Waals surface area (Å²) >= 11 is 12.7. The lowest BCUT2D eigenvalue weighted by Gasteiger charge is -2.03. The zero-order valence-corrected chi connectivity index (χ0v) is 9.95. The highest BCUT2D eigenvalue weighted by Gasteiger charge is 2.15. The summed E-state index contributed by atoms with van der Waals surface area (Å²) in [6, 6.07) is 2.62. The van der Waals surface area contributed by atoms with Crippen molar-refractivity contribution in [3.05, 3.63) is 32.1 Å². The van der Waals surface area contributed by atoms with Gasteiger partial charge in [0.1, 0.15) is 5.82 Å².